The summed E-state index contributed by atoms with van der Waals surface area (Å²) in [6.07, 6.45) is 8.54. The van der Waals surface area contributed by atoms with Crippen molar-refractivity contribution >= 4 is 11.8 Å². The highest BCUT2D eigenvalue weighted by Crippen LogP contribution is 2.28. The molecule has 0 aliphatic carbocycles. The third kappa shape index (κ3) is 10.8. The van der Waals surface area contributed by atoms with Crippen LogP contribution in [-0.2, 0) is 14.3 Å². The Morgan fingerprint density at radius 1 is 0.792 bits per heavy atom. The van der Waals surface area contributed by atoms with E-state index in [4.69, 9.17) is 4.74 Å². The Bertz CT molecular complexity index is 347. The van der Waals surface area contributed by atoms with Crippen molar-refractivity contribution in [2.75, 3.05) is 6.61 Å². The standard InChI is InChI=1S/C21H40O3/c1-7-8-9-10-11-12-13-24-21(23)20(15-17(4)5)19(18(6)22)14-16(2)3/h16-17,19-20H,7-15H2,1-6H3. The van der Waals surface area contributed by atoms with Crippen LogP contribution in [0.5, 0.6) is 0 Å². The molecule has 0 rings (SSSR count). The molecule has 0 saturated carbocycles. The van der Waals surface area contributed by atoms with Gasteiger partial charge in [0.15, 0.2) is 0 Å². The molecule has 24 heavy (non-hydrogen) atoms. The Morgan fingerprint density at radius 2 is 1.29 bits per heavy atom. The summed E-state index contributed by atoms with van der Waals surface area (Å²) in [5.41, 5.74) is 0. The number of hydrogen-bond acceptors (Lipinski definition) is 3. The minimum Gasteiger partial charge on any atom is -0.465 e. The van der Waals surface area contributed by atoms with E-state index in [2.05, 4.69) is 34.6 Å². The predicted octanol–water partition coefficient (Wildman–Crippen LogP) is 5.80. The van der Waals surface area contributed by atoms with E-state index < -0.39 is 0 Å². The Balaban J connectivity index is 4.50. The molecule has 0 saturated heterocycles. The van der Waals surface area contributed by atoms with Crippen molar-refractivity contribution in [1.29, 1.82) is 0 Å². The first kappa shape index (κ1) is 23.1. The second-order valence-corrected chi connectivity index (χ2v) is 8.02. The van der Waals surface area contributed by atoms with Crippen LogP contribution in [0.25, 0.3) is 0 Å². The zero-order chi connectivity index (χ0) is 18.5. The quantitative estimate of drug-likeness (QED) is 0.296. The molecule has 0 N–H and O–H groups in total. The molecule has 0 aromatic carbocycles. The molecule has 3 nitrogen and oxygen atoms in total. The Kier molecular flexibility index (Phi) is 13.0. The molecule has 0 spiro atoms. The van der Waals surface area contributed by atoms with Crippen molar-refractivity contribution in [3.63, 3.8) is 0 Å². The highest BCUT2D eigenvalue weighted by molar-refractivity contribution is 5.85. The van der Waals surface area contributed by atoms with Gasteiger partial charge in [-0.1, -0.05) is 66.7 Å². The minimum absolute atomic E-state index is 0.117. The lowest BCUT2D eigenvalue weighted by Gasteiger charge is -2.26. The van der Waals surface area contributed by atoms with Gasteiger partial charge in [-0.15, -0.1) is 0 Å². The topological polar surface area (TPSA) is 43.4 Å². The van der Waals surface area contributed by atoms with Gasteiger partial charge in [0.25, 0.3) is 0 Å². The predicted molar refractivity (Wildman–Crippen MR) is 101 cm³/mol. The Labute approximate surface area is 149 Å². The van der Waals surface area contributed by atoms with Crippen molar-refractivity contribution in [2.24, 2.45) is 23.7 Å². The smallest absolute Gasteiger partial charge is 0.309 e. The minimum atomic E-state index is -0.287. The SMILES string of the molecule is CCCCCCCCOC(=O)C(CC(C)C)C(CC(C)C)C(C)=O. The fraction of sp³-hybridized carbons (Fsp3) is 0.905. The zero-order valence-electron chi connectivity index (χ0n) is 16.9. The van der Waals surface area contributed by atoms with Crippen molar-refractivity contribution in [2.45, 2.75) is 92.9 Å². The van der Waals surface area contributed by atoms with Gasteiger partial charge < -0.3 is 4.74 Å². The lowest BCUT2D eigenvalue weighted by atomic mass is 9.78. The number of carbonyl (C=O) groups excluding carboxylic acids is 2. The monoisotopic (exact) mass is 340 g/mol. The number of ether oxygens (including phenoxy) is 1. The van der Waals surface area contributed by atoms with E-state index >= 15 is 0 Å². The molecule has 0 aliphatic rings. The second kappa shape index (κ2) is 13.4. The Hall–Kier alpha value is -0.860. The first-order valence-electron chi connectivity index (χ1n) is 9.96. The van der Waals surface area contributed by atoms with E-state index in [0.717, 1.165) is 25.7 Å². The first-order valence-corrected chi connectivity index (χ1v) is 9.96. The van der Waals surface area contributed by atoms with E-state index in [-0.39, 0.29) is 23.6 Å². The van der Waals surface area contributed by atoms with Gasteiger partial charge in [0, 0.05) is 5.92 Å². The van der Waals surface area contributed by atoms with Gasteiger partial charge in [0.1, 0.15) is 5.78 Å². The third-order valence-electron chi connectivity index (χ3n) is 4.50. The van der Waals surface area contributed by atoms with Gasteiger partial charge in [-0.25, -0.2) is 0 Å². The van der Waals surface area contributed by atoms with Crippen LogP contribution < -0.4 is 0 Å². The summed E-state index contributed by atoms with van der Waals surface area (Å²) in [6.45, 7) is 12.7. The molecule has 3 heteroatoms. The van der Waals surface area contributed by atoms with Gasteiger partial charge in [-0.2, -0.15) is 0 Å². The maximum absolute atomic E-state index is 12.6. The molecule has 0 amide bonds. The summed E-state index contributed by atoms with van der Waals surface area (Å²) in [6, 6.07) is 0. The van der Waals surface area contributed by atoms with Crippen LogP contribution in [0.2, 0.25) is 0 Å². The molecule has 0 aromatic rings. The molecule has 0 bridgehead atoms. The summed E-state index contributed by atoms with van der Waals surface area (Å²) in [5, 5.41) is 0. The third-order valence-corrected chi connectivity index (χ3v) is 4.50. The van der Waals surface area contributed by atoms with E-state index in [9.17, 15) is 9.59 Å². The van der Waals surface area contributed by atoms with Crippen LogP contribution in [0.3, 0.4) is 0 Å². The number of rotatable bonds is 14. The van der Waals surface area contributed by atoms with E-state index in [1.54, 1.807) is 6.92 Å². The molecule has 2 atom stereocenters. The number of Topliss-reactive ketones (excluding diaryl/α,β-unsaturated/α-hetero) is 1. The van der Waals surface area contributed by atoms with Gasteiger partial charge in [-0.3, -0.25) is 9.59 Å². The maximum atomic E-state index is 12.6. The normalized spacial score (nSPS) is 14.0. The number of hydrogen-bond donors (Lipinski definition) is 0. The fourth-order valence-corrected chi connectivity index (χ4v) is 3.22. The highest BCUT2D eigenvalue weighted by atomic mass is 16.5. The van der Waals surface area contributed by atoms with E-state index in [0.29, 0.717) is 18.4 Å². The van der Waals surface area contributed by atoms with Gasteiger partial charge >= 0.3 is 5.97 Å². The van der Waals surface area contributed by atoms with Crippen LogP contribution >= 0.6 is 0 Å². The van der Waals surface area contributed by atoms with Gasteiger partial charge in [0.2, 0.25) is 0 Å². The van der Waals surface area contributed by atoms with Crippen LogP contribution in [0.4, 0.5) is 0 Å². The van der Waals surface area contributed by atoms with Crippen molar-refractivity contribution in [1.82, 2.24) is 0 Å². The molecule has 0 aromatic heterocycles. The molecule has 0 aliphatic heterocycles. The molecule has 2 unspecified atom stereocenters. The molecular formula is C21H40O3. The van der Waals surface area contributed by atoms with Gasteiger partial charge in [-0.05, 0) is 38.0 Å². The highest BCUT2D eigenvalue weighted by Gasteiger charge is 2.33. The number of esters is 1. The largest absolute Gasteiger partial charge is 0.465 e. The average molecular weight is 341 g/mol. The lowest BCUT2D eigenvalue weighted by molar-refractivity contribution is -0.154. The van der Waals surface area contributed by atoms with Crippen LogP contribution in [0.1, 0.15) is 92.9 Å². The first-order chi connectivity index (χ1) is 11.3. The maximum Gasteiger partial charge on any atom is 0.309 e. The van der Waals surface area contributed by atoms with Crippen LogP contribution in [0, 0.1) is 23.7 Å². The van der Waals surface area contributed by atoms with Crippen LogP contribution in [-0.4, -0.2) is 18.4 Å². The van der Waals surface area contributed by atoms with Crippen molar-refractivity contribution < 1.29 is 14.3 Å². The summed E-state index contributed by atoms with van der Waals surface area (Å²) in [5.74, 6) is 0.240. The molecule has 142 valence electrons. The second-order valence-electron chi connectivity index (χ2n) is 8.02. The van der Waals surface area contributed by atoms with Crippen molar-refractivity contribution in [3.05, 3.63) is 0 Å². The summed E-state index contributed by atoms with van der Waals surface area (Å²) >= 11 is 0. The molecule has 0 radical (unpaired) electrons. The zero-order valence-corrected chi connectivity index (χ0v) is 16.9. The number of carbonyl (C=O) groups is 2. The number of unbranched alkanes of at least 4 members (excludes halogenated alkanes) is 5. The summed E-state index contributed by atoms with van der Waals surface area (Å²) in [7, 11) is 0. The van der Waals surface area contributed by atoms with Crippen LogP contribution in [0.15, 0.2) is 0 Å². The Morgan fingerprint density at radius 3 is 1.79 bits per heavy atom. The molecule has 0 heterocycles. The van der Waals surface area contributed by atoms with E-state index in [1.165, 1.54) is 25.7 Å². The summed E-state index contributed by atoms with van der Waals surface area (Å²) in [4.78, 5) is 24.6. The molecular weight excluding hydrogens is 300 g/mol. The van der Waals surface area contributed by atoms with E-state index in [1.807, 2.05) is 0 Å². The molecule has 0 fully saturated rings. The fourth-order valence-electron chi connectivity index (χ4n) is 3.22. The van der Waals surface area contributed by atoms with Gasteiger partial charge in [0.05, 0.1) is 12.5 Å². The van der Waals surface area contributed by atoms with Crippen molar-refractivity contribution in [3.8, 4) is 0 Å². The average Bonchev–Trinajstić information content (AvgIpc) is 2.48. The number of ketones is 1. The summed E-state index contributed by atoms with van der Waals surface area (Å²) < 4.78 is 5.53. The lowest BCUT2D eigenvalue weighted by Crippen LogP contribution is -2.32.